The summed E-state index contributed by atoms with van der Waals surface area (Å²) in [6.07, 6.45) is 1.59. The lowest BCUT2D eigenvalue weighted by Crippen LogP contribution is -2.18. The fourth-order valence-corrected chi connectivity index (χ4v) is 1.88. The molecule has 0 saturated carbocycles. The molecule has 0 fully saturated rings. The van der Waals surface area contributed by atoms with Crippen LogP contribution < -0.4 is 11.1 Å². The number of rotatable bonds is 3. The number of hydrogen-bond acceptors (Lipinski definition) is 4. The number of H-pyrrole nitrogens is 1. The van der Waals surface area contributed by atoms with E-state index in [0.29, 0.717) is 17.4 Å². The zero-order valence-corrected chi connectivity index (χ0v) is 11.1. The molecule has 1 aromatic carbocycles. The molecular formula is C13H11N5OS. The van der Waals surface area contributed by atoms with Gasteiger partial charge in [0.2, 0.25) is 0 Å². The summed E-state index contributed by atoms with van der Waals surface area (Å²) in [6.45, 7) is 0. The predicted molar refractivity (Wildman–Crippen MR) is 79.9 cm³/mol. The zero-order chi connectivity index (χ0) is 13.9. The minimum atomic E-state index is 0.232. The summed E-state index contributed by atoms with van der Waals surface area (Å²) in [5, 5.41) is 10.1. The van der Waals surface area contributed by atoms with Gasteiger partial charge in [-0.1, -0.05) is 0 Å². The third-order valence-electron chi connectivity index (χ3n) is 2.65. The highest BCUT2D eigenvalue weighted by molar-refractivity contribution is 7.80. The van der Waals surface area contributed by atoms with E-state index < -0.39 is 0 Å². The van der Waals surface area contributed by atoms with E-state index in [9.17, 15) is 0 Å². The Morgan fingerprint density at radius 1 is 1.25 bits per heavy atom. The van der Waals surface area contributed by atoms with Gasteiger partial charge in [-0.25, -0.2) is 4.98 Å². The molecule has 0 aliphatic rings. The summed E-state index contributed by atoms with van der Waals surface area (Å²) in [5.74, 6) is 1.84. The van der Waals surface area contributed by atoms with E-state index in [-0.39, 0.29) is 5.11 Å². The average Bonchev–Trinajstić information content (AvgIpc) is 3.10. The van der Waals surface area contributed by atoms with Gasteiger partial charge in [-0.05, 0) is 48.6 Å². The standard InChI is InChI=1S/C13H11N5OS/c14-13(20)15-9-5-3-8(4-6-9)11-16-12(18-17-11)10-2-1-7-19-10/h1-7H,(H3,14,15,20)(H,16,17,18). The number of nitrogens with zero attached hydrogens (tertiary/aromatic N) is 2. The van der Waals surface area contributed by atoms with Gasteiger partial charge >= 0.3 is 0 Å². The van der Waals surface area contributed by atoms with E-state index in [1.54, 1.807) is 12.3 Å². The predicted octanol–water partition coefficient (Wildman–Crippen LogP) is 2.39. The van der Waals surface area contributed by atoms with Gasteiger partial charge < -0.3 is 15.5 Å². The summed E-state index contributed by atoms with van der Waals surface area (Å²) >= 11 is 4.78. The smallest absolute Gasteiger partial charge is 0.192 e. The number of aromatic nitrogens is 3. The van der Waals surface area contributed by atoms with Gasteiger partial charge in [-0.15, -0.1) is 0 Å². The molecule has 0 unspecified atom stereocenters. The van der Waals surface area contributed by atoms with Crippen molar-refractivity contribution >= 4 is 23.0 Å². The van der Waals surface area contributed by atoms with Crippen molar-refractivity contribution < 1.29 is 4.42 Å². The van der Waals surface area contributed by atoms with E-state index in [1.165, 1.54) is 0 Å². The van der Waals surface area contributed by atoms with Gasteiger partial charge in [-0.2, -0.15) is 5.10 Å². The summed E-state index contributed by atoms with van der Waals surface area (Å²) in [6, 6.07) is 11.1. The molecule has 3 rings (SSSR count). The summed E-state index contributed by atoms with van der Waals surface area (Å²) < 4.78 is 5.26. The first kappa shape index (κ1) is 12.4. The Bertz CT molecular complexity index is 718. The third-order valence-corrected chi connectivity index (χ3v) is 2.75. The number of thiocarbonyl (C=S) groups is 1. The maximum Gasteiger partial charge on any atom is 0.192 e. The summed E-state index contributed by atoms with van der Waals surface area (Å²) in [5.41, 5.74) is 7.12. The number of aromatic amines is 1. The summed E-state index contributed by atoms with van der Waals surface area (Å²) in [7, 11) is 0. The molecule has 4 N–H and O–H groups in total. The molecular weight excluding hydrogens is 274 g/mol. The molecule has 6 nitrogen and oxygen atoms in total. The van der Waals surface area contributed by atoms with Crippen LogP contribution in [0.15, 0.2) is 47.1 Å². The third kappa shape index (κ3) is 2.52. The first-order chi connectivity index (χ1) is 9.72. The molecule has 0 aliphatic heterocycles. The van der Waals surface area contributed by atoms with Crippen LogP contribution in [0.3, 0.4) is 0 Å². The Morgan fingerprint density at radius 2 is 2.05 bits per heavy atom. The number of nitrogens with two attached hydrogens (primary N) is 1. The minimum Gasteiger partial charge on any atom is -0.461 e. The van der Waals surface area contributed by atoms with Crippen LogP contribution in [0.4, 0.5) is 5.69 Å². The lowest BCUT2D eigenvalue weighted by atomic mass is 10.2. The van der Waals surface area contributed by atoms with Crippen LogP contribution in [-0.4, -0.2) is 20.3 Å². The molecule has 0 atom stereocenters. The van der Waals surface area contributed by atoms with E-state index >= 15 is 0 Å². The molecule has 0 saturated heterocycles. The summed E-state index contributed by atoms with van der Waals surface area (Å²) in [4.78, 5) is 4.38. The highest BCUT2D eigenvalue weighted by atomic mass is 32.1. The Balaban J connectivity index is 1.84. The van der Waals surface area contributed by atoms with Crippen LogP contribution in [0.2, 0.25) is 0 Å². The van der Waals surface area contributed by atoms with Gasteiger partial charge in [0.05, 0.1) is 6.26 Å². The van der Waals surface area contributed by atoms with Crippen LogP contribution in [0.1, 0.15) is 0 Å². The molecule has 2 heterocycles. The fourth-order valence-electron chi connectivity index (χ4n) is 1.76. The number of nitrogens with one attached hydrogen (secondary N) is 2. The van der Waals surface area contributed by atoms with E-state index in [4.69, 9.17) is 22.4 Å². The van der Waals surface area contributed by atoms with Crippen molar-refractivity contribution in [3.8, 4) is 23.0 Å². The molecule has 100 valence electrons. The minimum absolute atomic E-state index is 0.232. The molecule has 7 heteroatoms. The Kier molecular flexibility index (Phi) is 3.18. The molecule has 0 aliphatic carbocycles. The number of benzene rings is 1. The number of hydrogen-bond donors (Lipinski definition) is 3. The number of furan rings is 1. The van der Waals surface area contributed by atoms with Crippen LogP contribution >= 0.6 is 12.2 Å². The second-order valence-corrected chi connectivity index (χ2v) is 4.49. The lowest BCUT2D eigenvalue weighted by molar-refractivity contribution is 0.577. The topological polar surface area (TPSA) is 92.8 Å². The van der Waals surface area contributed by atoms with Crippen LogP contribution in [0.25, 0.3) is 23.0 Å². The van der Waals surface area contributed by atoms with E-state index in [1.807, 2.05) is 30.3 Å². The van der Waals surface area contributed by atoms with Crippen molar-refractivity contribution in [3.05, 3.63) is 42.7 Å². The SMILES string of the molecule is NC(=S)Nc1ccc(-c2n[nH]c(-c3ccco3)n2)cc1. The van der Waals surface area contributed by atoms with Crippen LogP contribution in [0, 0.1) is 0 Å². The van der Waals surface area contributed by atoms with Crippen molar-refractivity contribution in [2.24, 2.45) is 5.73 Å². The molecule has 0 bridgehead atoms. The molecule has 0 radical (unpaired) electrons. The van der Waals surface area contributed by atoms with Gasteiger partial charge in [-0.3, -0.25) is 5.10 Å². The van der Waals surface area contributed by atoms with Gasteiger partial charge in [0, 0.05) is 11.3 Å². The second kappa shape index (κ2) is 5.14. The molecule has 0 spiro atoms. The highest BCUT2D eigenvalue weighted by Gasteiger charge is 2.09. The van der Waals surface area contributed by atoms with Crippen molar-refractivity contribution in [1.82, 2.24) is 15.2 Å². The molecule has 0 amide bonds. The fraction of sp³-hybridized carbons (Fsp3) is 0. The normalized spacial score (nSPS) is 10.4. The first-order valence-electron chi connectivity index (χ1n) is 5.85. The van der Waals surface area contributed by atoms with Crippen molar-refractivity contribution in [2.75, 3.05) is 5.32 Å². The monoisotopic (exact) mass is 285 g/mol. The second-order valence-electron chi connectivity index (χ2n) is 4.05. The van der Waals surface area contributed by atoms with Crippen molar-refractivity contribution in [1.29, 1.82) is 0 Å². The van der Waals surface area contributed by atoms with Crippen molar-refractivity contribution in [3.63, 3.8) is 0 Å². The molecule has 2 aromatic heterocycles. The number of anilines is 1. The van der Waals surface area contributed by atoms with Gasteiger partial charge in [0.15, 0.2) is 22.5 Å². The molecule has 3 aromatic rings. The Hall–Kier alpha value is -2.67. The largest absolute Gasteiger partial charge is 0.461 e. The maximum atomic E-state index is 5.41. The Morgan fingerprint density at radius 3 is 2.70 bits per heavy atom. The quantitative estimate of drug-likeness (QED) is 0.640. The van der Waals surface area contributed by atoms with Gasteiger partial charge in [0.1, 0.15) is 0 Å². The van der Waals surface area contributed by atoms with E-state index in [2.05, 4.69) is 20.5 Å². The van der Waals surface area contributed by atoms with E-state index in [0.717, 1.165) is 11.3 Å². The highest BCUT2D eigenvalue weighted by Crippen LogP contribution is 2.21. The molecule has 20 heavy (non-hydrogen) atoms. The maximum absolute atomic E-state index is 5.41. The van der Waals surface area contributed by atoms with Crippen LogP contribution in [-0.2, 0) is 0 Å². The van der Waals surface area contributed by atoms with Gasteiger partial charge in [0.25, 0.3) is 0 Å². The first-order valence-corrected chi connectivity index (χ1v) is 6.26. The lowest BCUT2D eigenvalue weighted by Gasteiger charge is -2.03. The van der Waals surface area contributed by atoms with Crippen LogP contribution in [0.5, 0.6) is 0 Å². The Labute approximate surface area is 120 Å². The average molecular weight is 285 g/mol. The van der Waals surface area contributed by atoms with Crippen molar-refractivity contribution in [2.45, 2.75) is 0 Å². The zero-order valence-electron chi connectivity index (χ0n) is 10.3.